The summed E-state index contributed by atoms with van der Waals surface area (Å²) in [7, 11) is 0. The van der Waals surface area contributed by atoms with E-state index in [4.69, 9.17) is 14.2 Å². The second kappa shape index (κ2) is 8.92. The number of rotatable bonds is 5. The highest BCUT2D eigenvalue weighted by Gasteiger charge is 2.24. The molecule has 0 atom stereocenters. The zero-order valence-electron chi connectivity index (χ0n) is 16.5. The first kappa shape index (κ1) is 20.6. The molecule has 0 aliphatic carbocycles. The van der Waals surface area contributed by atoms with E-state index < -0.39 is 17.7 Å². The molecule has 29 heavy (non-hydrogen) atoms. The van der Waals surface area contributed by atoms with Gasteiger partial charge in [-0.2, -0.15) is 0 Å². The van der Waals surface area contributed by atoms with Crippen LogP contribution in [-0.4, -0.2) is 17.7 Å². The Morgan fingerprint density at radius 3 is 2.31 bits per heavy atom. The van der Waals surface area contributed by atoms with E-state index in [0.717, 1.165) is 4.88 Å². The average Bonchev–Trinajstić information content (AvgIpc) is 3.14. The molecule has 0 saturated heterocycles. The lowest BCUT2D eigenvalue weighted by Crippen LogP contribution is -2.26. The molecule has 0 unspecified atom stereocenters. The molecule has 0 saturated carbocycles. The highest BCUT2D eigenvalue weighted by atomic mass is 32.1. The van der Waals surface area contributed by atoms with E-state index in [1.54, 1.807) is 68.5 Å². The average molecular weight is 410 g/mol. The number of carbonyl (C=O) groups excluding carboxylic acids is 2. The minimum Gasteiger partial charge on any atom is -0.428 e. The molecule has 1 aromatic heterocycles. The van der Waals surface area contributed by atoms with Gasteiger partial charge in [0, 0.05) is 11.3 Å². The molecule has 3 rings (SSSR count). The highest BCUT2D eigenvalue weighted by Crippen LogP contribution is 2.28. The standard InChI is InChI=1S/C23H22O5S/c1-23(2,3)28-22(25)27-19-13-7-9-16(15-18-12-8-14-29-18)20(19)21(24)26-17-10-5-4-6-11-17/h4-14H,15H2,1-3H3. The van der Waals surface area contributed by atoms with Crippen LogP contribution in [-0.2, 0) is 11.2 Å². The van der Waals surface area contributed by atoms with Crippen molar-refractivity contribution in [2.45, 2.75) is 32.8 Å². The van der Waals surface area contributed by atoms with Gasteiger partial charge in [-0.25, -0.2) is 9.59 Å². The molecular formula is C23H22O5S. The summed E-state index contributed by atoms with van der Waals surface area (Å²) in [5.41, 5.74) is 0.196. The molecule has 2 aromatic carbocycles. The number of para-hydroxylation sites is 1. The topological polar surface area (TPSA) is 61.8 Å². The third kappa shape index (κ3) is 5.93. The molecule has 0 aliphatic heterocycles. The minimum atomic E-state index is -0.875. The molecule has 0 aliphatic rings. The van der Waals surface area contributed by atoms with E-state index in [1.807, 2.05) is 29.6 Å². The van der Waals surface area contributed by atoms with Gasteiger partial charge in [0.25, 0.3) is 0 Å². The predicted molar refractivity (Wildman–Crippen MR) is 112 cm³/mol. The maximum absolute atomic E-state index is 13.0. The van der Waals surface area contributed by atoms with Crippen LogP contribution >= 0.6 is 11.3 Å². The minimum absolute atomic E-state index is 0.106. The molecule has 6 heteroatoms. The molecule has 0 N–H and O–H groups in total. The summed E-state index contributed by atoms with van der Waals surface area (Å²) in [6.07, 6.45) is -0.359. The Kier molecular flexibility index (Phi) is 6.34. The van der Waals surface area contributed by atoms with E-state index in [1.165, 1.54) is 0 Å². The molecule has 0 spiro atoms. The number of hydrogen-bond donors (Lipinski definition) is 0. The van der Waals surface area contributed by atoms with Crippen LogP contribution in [0.4, 0.5) is 4.79 Å². The predicted octanol–water partition coefficient (Wildman–Crippen LogP) is 5.87. The van der Waals surface area contributed by atoms with Crippen molar-refractivity contribution in [3.8, 4) is 11.5 Å². The number of ether oxygens (including phenoxy) is 3. The van der Waals surface area contributed by atoms with Gasteiger partial charge >= 0.3 is 12.1 Å². The second-order valence-electron chi connectivity index (χ2n) is 7.32. The summed E-state index contributed by atoms with van der Waals surface area (Å²) in [5.74, 6) is -0.0807. The van der Waals surface area contributed by atoms with Crippen molar-refractivity contribution in [1.29, 1.82) is 0 Å². The van der Waals surface area contributed by atoms with Crippen molar-refractivity contribution in [3.63, 3.8) is 0 Å². The Hall–Kier alpha value is -3.12. The number of thiophene rings is 1. The Morgan fingerprint density at radius 2 is 1.66 bits per heavy atom. The van der Waals surface area contributed by atoms with Crippen molar-refractivity contribution in [3.05, 3.63) is 82.0 Å². The highest BCUT2D eigenvalue weighted by molar-refractivity contribution is 7.09. The summed E-state index contributed by atoms with van der Waals surface area (Å²) in [6, 6.07) is 17.8. The van der Waals surface area contributed by atoms with Crippen molar-refractivity contribution >= 4 is 23.5 Å². The van der Waals surface area contributed by atoms with Crippen molar-refractivity contribution < 1.29 is 23.8 Å². The van der Waals surface area contributed by atoms with Crippen LogP contribution in [0, 0.1) is 0 Å². The SMILES string of the molecule is CC(C)(C)OC(=O)Oc1cccc(Cc2cccs2)c1C(=O)Oc1ccccc1. The van der Waals surface area contributed by atoms with Gasteiger partial charge in [0.15, 0.2) is 0 Å². The Balaban J connectivity index is 1.94. The Bertz CT molecular complexity index is 972. The molecule has 150 valence electrons. The van der Waals surface area contributed by atoms with Crippen LogP contribution in [0.25, 0.3) is 0 Å². The third-order valence-electron chi connectivity index (χ3n) is 3.80. The van der Waals surface area contributed by atoms with Crippen LogP contribution in [0.2, 0.25) is 0 Å². The first-order chi connectivity index (χ1) is 13.8. The molecule has 5 nitrogen and oxygen atoms in total. The molecule has 0 bridgehead atoms. The fraction of sp³-hybridized carbons (Fsp3) is 0.217. The van der Waals surface area contributed by atoms with E-state index in [-0.39, 0.29) is 11.3 Å². The van der Waals surface area contributed by atoms with Gasteiger partial charge in [0.1, 0.15) is 22.7 Å². The molecule has 3 aromatic rings. The molecule has 0 fully saturated rings. The van der Waals surface area contributed by atoms with Gasteiger partial charge in [-0.05, 0) is 56.0 Å². The lowest BCUT2D eigenvalue weighted by atomic mass is 10.0. The van der Waals surface area contributed by atoms with Crippen molar-refractivity contribution in [2.24, 2.45) is 0 Å². The van der Waals surface area contributed by atoms with Crippen molar-refractivity contribution in [2.75, 3.05) is 0 Å². The van der Waals surface area contributed by atoms with Gasteiger partial charge in [-0.1, -0.05) is 36.4 Å². The van der Waals surface area contributed by atoms with E-state index >= 15 is 0 Å². The number of benzene rings is 2. The summed E-state index contributed by atoms with van der Waals surface area (Å²) >= 11 is 1.59. The van der Waals surface area contributed by atoms with E-state index in [2.05, 4.69) is 0 Å². The quantitative estimate of drug-likeness (QED) is 0.299. The second-order valence-corrected chi connectivity index (χ2v) is 8.35. The Morgan fingerprint density at radius 1 is 0.897 bits per heavy atom. The zero-order chi connectivity index (χ0) is 20.9. The lowest BCUT2D eigenvalue weighted by Gasteiger charge is -2.20. The van der Waals surface area contributed by atoms with Gasteiger partial charge in [0.2, 0.25) is 0 Å². The van der Waals surface area contributed by atoms with Gasteiger partial charge < -0.3 is 14.2 Å². The van der Waals surface area contributed by atoms with Crippen LogP contribution < -0.4 is 9.47 Å². The normalized spacial score (nSPS) is 11.0. The molecule has 0 radical (unpaired) electrons. The van der Waals surface area contributed by atoms with Gasteiger partial charge in [-0.3, -0.25) is 0 Å². The maximum Gasteiger partial charge on any atom is 0.514 e. The van der Waals surface area contributed by atoms with Crippen LogP contribution in [0.3, 0.4) is 0 Å². The maximum atomic E-state index is 13.0. The fourth-order valence-corrected chi connectivity index (χ4v) is 3.38. The molecular weight excluding hydrogens is 388 g/mol. The number of carbonyl (C=O) groups is 2. The smallest absolute Gasteiger partial charge is 0.428 e. The third-order valence-corrected chi connectivity index (χ3v) is 4.67. The van der Waals surface area contributed by atoms with Gasteiger partial charge in [-0.15, -0.1) is 11.3 Å². The Labute approximate surface area is 173 Å². The van der Waals surface area contributed by atoms with Crippen LogP contribution in [0.5, 0.6) is 11.5 Å². The largest absolute Gasteiger partial charge is 0.514 e. The number of esters is 1. The first-order valence-electron chi connectivity index (χ1n) is 9.14. The van der Waals surface area contributed by atoms with E-state index in [0.29, 0.717) is 17.7 Å². The molecule has 0 amide bonds. The summed E-state index contributed by atoms with van der Waals surface area (Å²) < 4.78 is 16.1. The monoisotopic (exact) mass is 410 g/mol. The van der Waals surface area contributed by atoms with Crippen molar-refractivity contribution in [1.82, 2.24) is 0 Å². The summed E-state index contributed by atoms with van der Waals surface area (Å²) in [6.45, 7) is 5.23. The van der Waals surface area contributed by atoms with E-state index in [9.17, 15) is 9.59 Å². The number of hydrogen-bond acceptors (Lipinski definition) is 6. The fourth-order valence-electron chi connectivity index (χ4n) is 2.65. The van der Waals surface area contributed by atoms with Gasteiger partial charge in [0.05, 0.1) is 0 Å². The van der Waals surface area contributed by atoms with Crippen LogP contribution in [0.15, 0.2) is 66.0 Å². The summed E-state index contributed by atoms with van der Waals surface area (Å²) in [5, 5.41) is 1.97. The lowest BCUT2D eigenvalue weighted by molar-refractivity contribution is 0.0204. The summed E-state index contributed by atoms with van der Waals surface area (Å²) in [4.78, 5) is 26.3. The molecule has 1 heterocycles. The zero-order valence-corrected chi connectivity index (χ0v) is 17.3. The first-order valence-corrected chi connectivity index (χ1v) is 10.0. The van der Waals surface area contributed by atoms with Crippen LogP contribution in [0.1, 0.15) is 41.6 Å².